The molecule has 3 rings (SSSR count). The summed E-state index contributed by atoms with van der Waals surface area (Å²) >= 11 is 5.16. The summed E-state index contributed by atoms with van der Waals surface area (Å²) < 4.78 is 0. The maximum absolute atomic E-state index is 12.3. The van der Waals surface area contributed by atoms with Crippen molar-refractivity contribution in [3.8, 4) is 11.1 Å². The van der Waals surface area contributed by atoms with Crippen molar-refractivity contribution < 1.29 is 9.59 Å². The second-order valence-electron chi connectivity index (χ2n) is 5.79. The number of hydrogen-bond donors (Lipinski definition) is 3. The lowest BCUT2D eigenvalue weighted by Crippen LogP contribution is -2.34. The van der Waals surface area contributed by atoms with Gasteiger partial charge in [0.05, 0.1) is 0 Å². The van der Waals surface area contributed by atoms with Crippen molar-refractivity contribution in [2.24, 2.45) is 5.73 Å². The van der Waals surface area contributed by atoms with E-state index in [2.05, 4.69) is 10.6 Å². The molecule has 2 amide bonds. The van der Waals surface area contributed by atoms with Crippen LogP contribution in [0.4, 0.5) is 5.69 Å². The average Bonchev–Trinajstić information content (AvgIpc) is 2.69. The summed E-state index contributed by atoms with van der Waals surface area (Å²) in [5, 5.41) is 5.69. The normalized spacial score (nSPS) is 10.1. The van der Waals surface area contributed by atoms with E-state index in [1.54, 1.807) is 36.4 Å². The third kappa shape index (κ3) is 4.77. The van der Waals surface area contributed by atoms with Crippen molar-refractivity contribution in [3.63, 3.8) is 0 Å². The Morgan fingerprint density at radius 2 is 1.30 bits per heavy atom. The molecule has 0 aliphatic heterocycles. The lowest BCUT2D eigenvalue weighted by Gasteiger charge is -2.10. The highest BCUT2D eigenvalue weighted by Gasteiger charge is 2.09. The predicted molar refractivity (Wildman–Crippen MR) is 111 cm³/mol. The Kier molecular flexibility index (Phi) is 5.58. The largest absolute Gasteiger partial charge is 0.366 e. The molecule has 0 heterocycles. The van der Waals surface area contributed by atoms with E-state index in [1.165, 1.54) is 0 Å². The molecule has 0 atom stereocenters. The first-order chi connectivity index (χ1) is 13.0. The van der Waals surface area contributed by atoms with Crippen LogP contribution >= 0.6 is 12.2 Å². The molecule has 134 valence electrons. The lowest BCUT2D eigenvalue weighted by molar-refractivity contribution is 0.0975. The SMILES string of the molecule is NC(=O)c1ccc(NC(=S)NC(=O)c2ccc(-c3ccccc3)cc2)cc1. The molecular weight excluding hydrogens is 358 g/mol. The Labute approximate surface area is 162 Å². The number of thiocarbonyl (C=S) groups is 1. The molecule has 0 spiro atoms. The van der Waals surface area contributed by atoms with E-state index in [9.17, 15) is 9.59 Å². The van der Waals surface area contributed by atoms with Crippen LogP contribution in [-0.2, 0) is 0 Å². The van der Waals surface area contributed by atoms with Gasteiger partial charge < -0.3 is 11.1 Å². The smallest absolute Gasteiger partial charge is 0.257 e. The fourth-order valence-electron chi connectivity index (χ4n) is 2.50. The molecule has 0 bridgehead atoms. The Morgan fingerprint density at radius 1 is 0.741 bits per heavy atom. The van der Waals surface area contributed by atoms with Crippen molar-refractivity contribution in [1.82, 2.24) is 5.32 Å². The van der Waals surface area contributed by atoms with Crippen LogP contribution in [0.2, 0.25) is 0 Å². The molecule has 0 saturated carbocycles. The number of benzene rings is 3. The summed E-state index contributed by atoms with van der Waals surface area (Å²) in [4.78, 5) is 23.4. The van der Waals surface area contributed by atoms with Crippen molar-refractivity contribution in [1.29, 1.82) is 0 Å². The molecular formula is C21H17N3O2S. The molecule has 4 N–H and O–H groups in total. The van der Waals surface area contributed by atoms with Gasteiger partial charge >= 0.3 is 0 Å². The Morgan fingerprint density at radius 3 is 1.89 bits per heavy atom. The molecule has 0 saturated heterocycles. The highest BCUT2D eigenvalue weighted by Crippen LogP contribution is 2.19. The van der Waals surface area contributed by atoms with E-state index in [1.807, 2.05) is 42.5 Å². The number of nitrogens with two attached hydrogens (primary N) is 1. The number of amides is 2. The first kappa shape index (κ1) is 18.3. The highest BCUT2D eigenvalue weighted by atomic mass is 32.1. The highest BCUT2D eigenvalue weighted by molar-refractivity contribution is 7.80. The molecule has 27 heavy (non-hydrogen) atoms. The van der Waals surface area contributed by atoms with E-state index >= 15 is 0 Å². The van der Waals surface area contributed by atoms with Crippen LogP contribution in [0.15, 0.2) is 78.9 Å². The van der Waals surface area contributed by atoms with Crippen LogP contribution in [0, 0.1) is 0 Å². The van der Waals surface area contributed by atoms with E-state index in [4.69, 9.17) is 18.0 Å². The standard InChI is InChI=1S/C21H17N3O2S/c22-19(25)16-10-12-18(13-11-16)23-21(27)24-20(26)17-8-6-15(7-9-17)14-4-2-1-3-5-14/h1-13H,(H2,22,25)(H2,23,24,26,27). The van der Waals surface area contributed by atoms with Crippen LogP contribution in [0.5, 0.6) is 0 Å². The minimum absolute atomic E-state index is 0.166. The van der Waals surface area contributed by atoms with Gasteiger partial charge in [0, 0.05) is 16.8 Å². The van der Waals surface area contributed by atoms with Crippen molar-refractivity contribution in [3.05, 3.63) is 90.0 Å². The van der Waals surface area contributed by atoms with E-state index in [0.717, 1.165) is 11.1 Å². The van der Waals surface area contributed by atoms with Crippen LogP contribution in [0.1, 0.15) is 20.7 Å². The van der Waals surface area contributed by atoms with Crippen LogP contribution < -0.4 is 16.4 Å². The van der Waals surface area contributed by atoms with Gasteiger partial charge in [0.15, 0.2) is 5.11 Å². The molecule has 6 heteroatoms. The number of carbonyl (C=O) groups is 2. The maximum Gasteiger partial charge on any atom is 0.257 e. The minimum Gasteiger partial charge on any atom is -0.366 e. The van der Waals surface area contributed by atoms with Gasteiger partial charge in [0.25, 0.3) is 5.91 Å². The predicted octanol–water partition coefficient (Wildman–Crippen LogP) is 3.58. The lowest BCUT2D eigenvalue weighted by atomic mass is 10.0. The zero-order valence-corrected chi connectivity index (χ0v) is 15.1. The van der Waals surface area contributed by atoms with Gasteiger partial charge in [-0.05, 0) is 59.7 Å². The number of rotatable bonds is 4. The van der Waals surface area contributed by atoms with E-state index < -0.39 is 5.91 Å². The summed E-state index contributed by atoms with van der Waals surface area (Å²) in [6.07, 6.45) is 0. The molecule has 0 aliphatic carbocycles. The van der Waals surface area contributed by atoms with Crippen LogP contribution in [-0.4, -0.2) is 16.9 Å². The number of hydrogen-bond acceptors (Lipinski definition) is 3. The van der Waals surface area contributed by atoms with Crippen LogP contribution in [0.3, 0.4) is 0 Å². The topological polar surface area (TPSA) is 84.2 Å². The second-order valence-corrected chi connectivity index (χ2v) is 6.20. The fraction of sp³-hybridized carbons (Fsp3) is 0. The van der Waals surface area contributed by atoms with Gasteiger partial charge in [-0.1, -0.05) is 42.5 Å². The fourth-order valence-corrected chi connectivity index (χ4v) is 2.71. The summed E-state index contributed by atoms with van der Waals surface area (Å²) in [5.41, 5.74) is 8.86. The quantitative estimate of drug-likeness (QED) is 0.609. The van der Waals surface area contributed by atoms with Crippen molar-refractivity contribution in [2.75, 3.05) is 5.32 Å². The second kappa shape index (κ2) is 8.25. The van der Waals surface area contributed by atoms with Crippen molar-refractivity contribution >= 4 is 34.8 Å². The molecule has 0 radical (unpaired) electrons. The maximum atomic E-state index is 12.3. The van der Waals surface area contributed by atoms with Gasteiger partial charge in [-0.2, -0.15) is 0 Å². The number of carbonyl (C=O) groups excluding carboxylic acids is 2. The molecule has 3 aromatic rings. The third-order valence-electron chi connectivity index (χ3n) is 3.91. The van der Waals surface area contributed by atoms with Gasteiger partial charge in [-0.15, -0.1) is 0 Å². The zero-order valence-electron chi connectivity index (χ0n) is 14.3. The third-order valence-corrected chi connectivity index (χ3v) is 4.11. The van der Waals surface area contributed by atoms with Crippen LogP contribution in [0.25, 0.3) is 11.1 Å². The van der Waals surface area contributed by atoms with Crippen molar-refractivity contribution in [2.45, 2.75) is 0 Å². The molecule has 0 unspecified atom stereocenters. The Balaban J connectivity index is 1.61. The summed E-state index contributed by atoms with van der Waals surface area (Å²) in [7, 11) is 0. The first-order valence-corrected chi connectivity index (χ1v) is 8.61. The van der Waals surface area contributed by atoms with Gasteiger partial charge in [-0.3, -0.25) is 14.9 Å². The summed E-state index contributed by atoms with van der Waals surface area (Å²) in [6, 6.07) is 23.7. The average molecular weight is 375 g/mol. The number of primary amides is 1. The van der Waals surface area contributed by atoms with Gasteiger partial charge in [0.2, 0.25) is 5.91 Å². The Hall–Kier alpha value is -3.51. The van der Waals surface area contributed by atoms with Gasteiger partial charge in [-0.25, -0.2) is 0 Å². The molecule has 0 aliphatic rings. The minimum atomic E-state index is -0.503. The number of nitrogens with one attached hydrogen (secondary N) is 2. The molecule has 5 nitrogen and oxygen atoms in total. The monoisotopic (exact) mass is 375 g/mol. The Bertz CT molecular complexity index is 969. The summed E-state index contributed by atoms with van der Waals surface area (Å²) in [5.74, 6) is -0.808. The summed E-state index contributed by atoms with van der Waals surface area (Å²) in [6.45, 7) is 0. The first-order valence-electron chi connectivity index (χ1n) is 8.20. The zero-order chi connectivity index (χ0) is 19.2. The van der Waals surface area contributed by atoms with E-state index in [-0.39, 0.29) is 11.0 Å². The number of anilines is 1. The van der Waals surface area contributed by atoms with E-state index in [0.29, 0.717) is 16.8 Å². The molecule has 0 fully saturated rings. The van der Waals surface area contributed by atoms with Gasteiger partial charge in [0.1, 0.15) is 0 Å². The molecule has 3 aromatic carbocycles. The molecule has 0 aromatic heterocycles.